The summed E-state index contributed by atoms with van der Waals surface area (Å²) >= 11 is 0. The summed E-state index contributed by atoms with van der Waals surface area (Å²) in [5, 5.41) is 9.90. The number of aromatic nitrogens is 3. The Bertz CT molecular complexity index is 372. The molecule has 5 nitrogen and oxygen atoms in total. The summed E-state index contributed by atoms with van der Waals surface area (Å²) in [6.07, 6.45) is 0. The van der Waals surface area contributed by atoms with E-state index in [1.54, 1.807) is 4.68 Å². The molecule has 1 aromatic rings. The lowest BCUT2D eigenvalue weighted by atomic mass is 9.93. The molecule has 0 aliphatic carbocycles. The Balaban J connectivity index is 3.05. The second-order valence-electron chi connectivity index (χ2n) is 4.89. The Morgan fingerprint density at radius 2 is 2.13 bits per heavy atom. The highest BCUT2D eigenvalue weighted by molar-refractivity contribution is 5.07. The molecule has 0 aliphatic rings. The predicted octanol–water partition coefficient (Wildman–Crippen LogP) is 0.649. The van der Waals surface area contributed by atoms with E-state index in [1.807, 2.05) is 34.7 Å². The van der Waals surface area contributed by atoms with Gasteiger partial charge in [0.15, 0.2) is 0 Å². The van der Waals surface area contributed by atoms with Gasteiger partial charge in [0.05, 0.1) is 6.04 Å². The molecule has 0 aromatic carbocycles. The zero-order chi connectivity index (χ0) is 11.6. The minimum atomic E-state index is -0.210. The van der Waals surface area contributed by atoms with Gasteiger partial charge in [-0.15, -0.1) is 0 Å². The van der Waals surface area contributed by atoms with Crippen LogP contribution in [-0.2, 0) is 5.41 Å². The van der Waals surface area contributed by atoms with E-state index in [2.05, 4.69) is 15.6 Å². The maximum absolute atomic E-state index is 12.0. The van der Waals surface area contributed by atoms with Crippen molar-refractivity contribution in [2.75, 3.05) is 13.6 Å². The molecular formula is C10H20N4O. The average Bonchev–Trinajstić information content (AvgIpc) is 2.46. The van der Waals surface area contributed by atoms with Gasteiger partial charge < -0.3 is 5.32 Å². The summed E-state index contributed by atoms with van der Waals surface area (Å²) in [6.45, 7) is 8.67. The van der Waals surface area contributed by atoms with E-state index >= 15 is 0 Å². The third kappa shape index (κ3) is 2.47. The maximum atomic E-state index is 12.0. The van der Waals surface area contributed by atoms with Crippen LogP contribution in [0.5, 0.6) is 0 Å². The van der Waals surface area contributed by atoms with Gasteiger partial charge in [0.2, 0.25) is 0 Å². The zero-order valence-electron chi connectivity index (χ0n) is 10.1. The molecule has 5 heteroatoms. The van der Waals surface area contributed by atoms with E-state index in [-0.39, 0.29) is 17.0 Å². The van der Waals surface area contributed by atoms with Gasteiger partial charge >= 0.3 is 0 Å². The SMILES string of the molecule is CNCC(C)n1[nH]nc(C(C)(C)C)c1=O. The molecule has 0 saturated heterocycles. The molecule has 0 amide bonds. The van der Waals surface area contributed by atoms with E-state index in [1.165, 1.54) is 0 Å². The van der Waals surface area contributed by atoms with Crippen LogP contribution in [0.15, 0.2) is 4.79 Å². The van der Waals surface area contributed by atoms with Gasteiger partial charge in [-0.05, 0) is 14.0 Å². The fourth-order valence-electron chi connectivity index (χ4n) is 1.49. The van der Waals surface area contributed by atoms with Crippen LogP contribution in [-0.4, -0.2) is 28.6 Å². The molecule has 1 heterocycles. The van der Waals surface area contributed by atoms with Gasteiger partial charge in [-0.1, -0.05) is 20.8 Å². The molecule has 0 fully saturated rings. The predicted molar refractivity (Wildman–Crippen MR) is 60.2 cm³/mol. The van der Waals surface area contributed by atoms with Gasteiger partial charge in [0.1, 0.15) is 5.69 Å². The first-order chi connectivity index (χ1) is 6.88. The highest BCUT2D eigenvalue weighted by Crippen LogP contribution is 2.15. The lowest BCUT2D eigenvalue weighted by Crippen LogP contribution is -2.31. The van der Waals surface area contributed by atoms with E-state index in [0.717, 1.165) is 6.54 Å². The topological polar surface area (TPSA) is 62.7 Å². The van der Waals surface area contributed by atoms with Crippen LogP contribution in [0.4, 0.5) is 0 Å². The Hall–Kier alpha value is -1.10. The summed E-state index contributed by atoms with van der Waals surface area (Å²) in [7, 11) is 1.86. The quantitative estimate of drug-likeness (QED) is 0.773. The van der Waals surface area contributed by atoms with Crippen molar-refractivity contribution in [3.63, 3.8) is 0 Å². The molecule has 0 aliphatic heterocycles. The third-order valence-electron chi connectivity index (χ3n) is 2.34. The standard InChI is InChI=1S/C10H20N4O/c1-7(6-11-5)14-9(15)8(12-13-14)10(2,3)4/h7,11,13H,6H2,1-5H3. The third-order valence-corrected chi connectivity index (χ3v) is 2.34. The molecule has 1 atom stereocenters. The summed E-state index contributed by atoms with van der Waals surface area (Å²) in [5.41, 5.74) is 0.355. The molecule has 1 rings (SSSR count). The first-order valence-corrected chi connectivity index (χ1v) is 5.20. The van der Waals surface area contributed by atoms with Gasteiger partial charge in [0.25, 0.3) is 5.56 Å². The molecule has 86 valence electrons. The zero-order valence-corrected chi connectivity index (χ0v) is 10.1. The van der Waals surface area contributed by atoms with Crippen molar-refractivity contribution < 1.29 is 0 Å². The van der Waals surface area contributed by atoms with E-state index in [4.69, 9.17) is 0 Å². The van der Waals surface area contributed by atoms with Crippen molar-refractivity contribution in [3.05, 3.63) is 16.0 Å². The highest BCUT2D eigenvalue weighted by atomic mass is 16.1. The van der Waals surface area contributed by atoms with Gasteiger partial charge in [-0.2, -0.15) is 5.10 Å². The molecule has 2 N–H and O–H groups in total. The second kappa shape index (κ2) is 4.18. The Morgan fingerprint density at radius 1 is 1.53 bits per heavy atom. The van der Waals surface area contributed by atoms with Crippen LogP contribution in [0.25, 0.3) is 0 Å². The Labute approximate surface area is 89.9 Å². The summed E-state index contributed by atoms with van der Waals surface area (Å²) < 4.78 is 1.57. The van der Waals surface area contributed by atoms with Crippen molar-refractivity contribution in [2.45, 2.75) is 39.2 Å². The molecule has 0 spiro atoms. The number of nitrogens with zero attached hydrogens (tertiary/aromatic N) is 2. The van der Waals surface area contributed by atoms with Crippen molar-refractivity contribution in [1.82, 2.24) is 20.3 Å². The van der Waals surface area contributed by atoms with Crippen molar-refractivity contribution in [1.29, 1.82) is 0 Å². The molecule has 0 bridgehead atoms. The molecule has 0 radical (unpaired) electrons. The van der Waals surface area contributed by atoms with Crippen LogP contribution in [0, 0.1) is 0 Å². The van der Waals surface area contributed by atoms with Crippen molar-refractivity contribution >= 4 is 0 Å². The monoisotopic (exact) mass is 212 g/mol. The van der Waals surface area contributed by atoms with Crippen molar-refractivity contribution in [3.8, 4) is 0 Å². The van der Waals surface area contributed by atoms with E-state index in [9.17, 15) is 4.79 Å². The smallest absolute Gasteiger partial charge is 0.290 e. The Kier molecular flexibility index (Phi) is 3.34. The van der Waals surface area contributed by atoms with Crippen LogP contribution < -0.4 is 10.9 Å². The van der Waals surface area contributed by atoms with E-state index in [0.29, 0.717) is 5.69 Å². The maximum Gasteiger partial charge on any atom is 0.290 e. The fourth-order valence-corrected chi connectivity index (χ4v) is 1.49. The average molecular weight is 212 g/mol. The minimum Gasteiger partial charge on any atom is -0.318 e. The number of aromatic amines is 1. The van der Waals surface area contributed by atoms with Gasteiger partial charge in [-0.3, -0.25) is 4.79 Å². The molecule has 0 saturated carbocycles. The minimum absolute atomic E-state index is 0.0229. The normalized spacial score (nSPS) is 14.2. The summed E-state index contributed by atoms with van der Waals surface area (Å²) in [6, 6.07) is 0.0890. The number of nitrogens with one attached hydrogen (secondary N) is 2. The second-order valence-corrected chi connectivity index (χ2v) is 4.89. The highest BCUT2D eigenvalue weighted by Gasteiger charge is 2.23. The van der Waals surface area contributed by atoms with Gasteiger partial charge in [-0.25, -0.2) is 9.90 Å². The summed E-state index contributed by atoms with van der Waals surface area (Å²) in [5.74, 6) is 0. The van der Waals surface area contributed by atoms with Crippen LogP contribution in [0.1, 0.15) is 39.4 Å². The van der Waals surface area contributed by atoms with Crippen molar-refractivity contribution in [2.24, 2.45) is 0 Å². The number of likely N-dealkylation sites (N-methyl/N-ethyl adjacent to an activating group) is 1. The first-order valence-electron chi connectivity index (χ1n) is 5.20. The van der Waals surface area contributed by atoms with Crippen LogP contribution >= 0.6 is 0 Å². The molecule has 15 heavy (non-hydrogen) atoms. The van der Waals surface area contributed by atoms with Gasteiger partial charge in [0, 0.05) is 12.0 Å². The number of hydrogen-bond donors (Lipinski definition) is 2. The first kappa shape index (κ1) is 12.0. The number of H-pyrrole nitrogens is 1. The molecule has 1 unspecified atom stereocenters. The fraction of sp³-hybridized carbons (Fsp3) is 0.800. The number of hydrogen-bond acceptors (Lipinski definition) is 3. The Morgan fingerprint density at radius 3 is 2.53 bits per heavy atom. The lowest BCUT2D eigenvalue weighted by Gasteiger charge is -2.13. The molecule has 1 aromatic heterocycles. The summed E-state index contributed by atoms with van der Waals surface area (Å²) in [4.78, 5) is 12.0. The largest absolute Gasteiger partial charge is 0.318 e. The van der Waals surface area contributed by atoms with E-state index < -0.39 is 0 Å². The van der Waals surface area contributed by atoms with Crippen LogP contribution in [0.3, 0.4) is 0 Å². The molecular weight excluding hydrogens is 192 g/mol. The van der Waals surface area contributed by atoms with Crippen LogP contribution in [0.2, 0.25) is 0 Å². The number of rotatable bonds is 3. The lowest BCUT2D eigenvalue weighted by molar-refractivity contribution is 0.447.